The van der Waals surface area contributed by atoms with Crippen LogP contribution in [0.2, 0.25) is 0 Å². The van der Waals surface area contributed by atoms with E-state index in [2.05, 4.69) is 39.8 Å². The Bertz CT molecular complexity index is 758. The Kier molecular flexibility index (Phi) is 3.98. The molecular weight excluding hydrogens is 314 g/mol. The molecule has 0 spiro atoms. The Morgan fingerprint density at radius 3 is 2.80 bits per heavy atom. The summed E-state index contributed by atoms with van der Waals surface area (Å²) in [6, 6.07) is 10.4. The lowest BCUT2D eigenvalue weighted by atomic mass is 9.62. The van der Waals surface area contributed by atoms with Crippen molar-refractivity contribution >= 4 is 6.03 Å². The largest absolute Gasteiger partial charge is 0.328 e. The second-order valence-corrected chi connectivity index (χ2v) is 7.31. The van der Waals surface area contributed by atoms with Gasteiger partial charge < -0.3 is 14.8 Å². The number of carbonyl (C=O) groups is 1. The van der Waals surface area contributed by atoms with E-state index in [0.29, 0.717) is 5.92 Å². The number of hydrogen-bond donors (Lipinski definition) is 1. The third kappa shape index (κ3) is 2.51. The van der Waals surface area contributed by atoms with Crippen LogP contribution in [0, 0.1) is 5.92 Å². The molecule has 3 atom stereocenters. The van der Waals surface area contributed by atoms with Gasteiger partial charge >= 0.3 is 6.03 Å². The zero-order valence-corrected chi connectivity index (χ0v) is 14.9. The molecule has 6 nitrogen and oxygen atoms in total. The van der Waals surface area contributed by atoms with Gasteiger partial charge in [-0.25, -0.2) is 4.79 Å². The molecule has 2 heterocycles. The number of nitrogens with one attached hydrogen (secondary N) is 1. The van der Waals surface area contributed by atoms with E-state index < -0.39 is 0 Å². The molecule has 6 heteroatoms. The van der Waals surface area contributed by atoms with Crippen molar-refractivity contribution in [1.82, 2.24) is 25.0 Å². The number of carbonyl (C=O) groups excluding carboxylic acids is 1. The molecule has 1 saturated heterocycles. The fourth-order valence-corrected chi connectivity index (χ4v) is 4.64. The molecule has 132 valence electrons. The Morgan fingerprint density at radius 2 is 2.12 bits per heavy atom. The Hall–Kier alpha value is -2.37. The summed E-state index contributed by atoms with van der Waals surface area (Å²) in [6.07, 6.45) is 6.35. The smallest absolute Gasteiger partial charge is 0.318 e. The van der Waals surface area contributed by atoms with Crippen molar-refractivity contribution in [2.24, 2.45) is 13.0 Å². The molecule has 2 aliphatic rings. The summed E-state index contributed by atoms with van der Waals surface area (Å²) in [7, 11) is 1.89. The molecule has 1 aliphatic heterocycles. The second kappa shape index (κ2) is 6.17. The molecule has 1 N–H and O–H groups in total. The number of amides is 2. The maximum Gasteiger partial charge on any atom is 0.318 e. The molecule has 2 amide bonds. The van der Waals surface area contributed by atoms with Crippen LogP contribution in [-0.4, -0.2) is 32.2 Å². The van der Waals surface area contributed by atoms with Crippen LogP contribution in [-0.2, 0) is 12.6 Å². The number of likely N-dealkylation sites (tertiary alicyclic amines) is 1. The van der Waals surface area contributed by atoms with E-state index in [1.54, 1.807) is 6.33 Å². The molecule has 1 aromatic heterocycles. The first kappa shape index (κ1) is 16.1. The zero-order chi connectivity index (χ0) is 17.4. The molecule has 1 aromatic carbocycles. The Balaban J connectivity index is 1.57. The van der Waals surface area contributed by atoms with Crippen LogP contribution < -0.4 is 5.32 Å². The lowest BCUT2D eigenvalue weighted by Gasteiger charge is -2.61. The molecule has 4 rings (SSSR count). The predicted molar refractivity (Wildman–Crippen MR) is 94.7 cm³/mol. The van der Waals surface area contributed by atoms with E-state index in [0.717, 1.165) is 18.8 Å². The highest BCUT2D eigenvalue weighted by Gasteiger charge is 2.57. The summed E-state index contributed by atoms with van der Waals surface area (Å²) in [4.78, 5) is 15.1. The van der Waals surface area contributed by atoms with Gasteiger partial charge in [-0.2, -0.15) is 0 Å². The predicted octanol–water partition coefficient (Wildman–Crippen LogP) is 2.99. The number of urea groups is 1. The van der Waals surface area contributed by atoms with Crippen molar-refractivity contribution in [3.05, 3.63) is 48.0 Å². The zero-order valence-electron chi connectivity index (χ0n) is 14.9. The fourth-order valence-electron chi connectivity index (χ4n) is 4.64. The van der Waals surface area contributed by atoms with Crippen LogP contribution in [0.5, 0.6) is 0 Å². The standard InChI is InChI=1S/C19H25N5O/c1-14(17-22-20-13-23(17)2)21-18(25)24-12-16-10-6-7-11-19(16,24)15-8-4-3-5-9-15/h3-5,8-9,13-14,16H,6-7,10-12H2,1-2H3,(H,21,25). The van der Waals surface area contributed by atoms with Gasteiger partial charge in [0.1, 0.15) is 6.33 Å². The lowest BCUT2D eigenvalue weighted by Crippen LogP contribution is -2.69. The normalized spacial score (nSPS) is 26.5. The van der Waals surface area contributed by atoms with Crippen LogP contribution in [0.4, 0.5) is 4.79 Å². The highest BCUT2D eigenvalue weighted by Crippen LogP contribution is 2.53. The van der Waals surface area contributed by atoms with Gasteiger partial charge in [-0.05, 0) is 25.3 Å². The second-order valence-electron chi connectivity index (χ2n) is 7.31. The van der Waals surface area contributed by atoms with Gasteiger partial charge in [0.2, 0.25) is 0 Å². The maximum absolute atomic E-state index is 13.0. The van der Waals surface area contributed by atoms with Gasteiger partial charge in [-0.1, -0.05) is 43.2 Å². The molecule has 0 radical (unpaired) electrons. The molecule has 2 aromatic rings. The average Bonchev–Trinajstić information content (AvgIpc) is 3.03. The summed E-state index contributed by atoms with van der Waals surface area (Å²) in [5.41, 5.74) is 1.14. The van der Waals surface area contributed by atoms with Gasteiger partial charge in [0.25, 0.3) is 0 Å². The van der Waals surface area contributed by atoms with Crippen molar-refractivity contribution in [3.63, 3.8) is 0 Å². The SMILES string of the molecule is CC(NC(=O)N1CC2CCCCC21c1ccccc1)c1nncn1C. The molecule has 1 aliphatic carbocycles. The van der Waals surface area contributed by atoms with Crippen molar-refractivity contribution in [1.29, 1.82) is 0 Å². The van der Waals surface area contributed by atoms with Crippen molar-refractivity contribution < 1.29 is 4.79 Å². The van der Waals surface area contributed by atoms with Crippen molar-refractivity contribution in [2.75, 3.05) is 6.54 Å². The lowest BCUT2D eigenvalue weighted by molar-refractivity contribution is -0.0799. The number of aryl methyl sites for hydroxylation is 1. The van der Waals surface area contributed by atoms with Crippen molar-refractivity contribution in [2.45, 2.75) is 44.2 Å². The van der Waals surface area contributed by atoms with Crippen LogP contribution in [0.3, 0.4) is 0 Å². The van der Waals surface area contributed by atoms with Gasteiger partial charge in [0, 0.05) is 19.5 Å². The summed E-state index contributed by atoms with van der Waals surface area (Å²) >= 11 is 0. The van der Waals surface area contributed by atoms with E-state index in [1.807, 2.05) is 29.5 Å². The van der Waals surface area contributed by atoms with Gasteiger partial charge in [-0.3, -0.25) is 0 Å². The first-order chi connectivity index (χ1) is 12.1. The maximum atomic E-state index is 13.0. The number of nitrogens with zero attached hydrogens (tertiary/aromatic N) is 4. The van der Waals surface area contributed by atoms with Crippen LogP contribution in [0.1, 0.15) is 50.0 Å². The minimum absolute atomic E-state index is 0.00231. The van der Waals surface area contributed by atoms with Crippen LogP contribution in [0.25, 0.3) is 0 Å². The average molecular weight is 339 g/mol. The first-order valence-electron chi connectivity index (χ1n) is 9.10. The minimum Gasteiger partial charge on any atom is -0.328 e. The third-order valence-electron chi connectivity index (χ3n) is 5.91. The first-order valence-corrected chi connectivity index (χ1v) is 9.10. The van der Waals surface area contributed by atoms with Crippen molar-refractivity contribution in [3.8, 4) is 0 Å². The number of aromatic nitrogens is 3. The monoisotopic (exact) mass is 339 g/mol. The molecule has 2 fully saturated rings. The van der Waals surface area contributed by atoms with Crippen LogP contribution in [0.15, 0.2) is 36.7 Å². The highest BCUT2D eigenvalue weighted by molar-refractivity contribution is 5.77. The number of benzene rings is 1. The van der Waals surface area contributed by atoms with E-state index in [-0.39, 0.29) is 17.6 Å². The molecule has 1 saturated carbocycles. The summed E-state index contributed by atoms with van der Waals surface area (Å²) in [5.74, 6) is 1.34. The summed E-state index contributed by atoms with van der Waals surface area (Å²) < 4.78 is 1.84. The summed E-state index contributed by atoms with van der Waals surface area (Å²) in [5, 5.41) is 11.1. The number of fused-ring (bicyclic) bond motifs is 1. The Labute approximate surface area is 148 Å². The van der Waals surface area contributed by atoms with Crippen LogP contribution >= 0.6 is 0 Å². The molecule has 25 heavy (non-hydrogen) atoms. The van der Waals surface area contributed by atoms with Gasteiger partial charge in [0.05, 0.1) is 11.6 Å². The molecular formula is C19H25N5O. The minimum atomic E-state index is -0.171. The molecule has 0 bridgehead atoms. The summed E-state index contributed by atoms with van der Waals surface area (Å²) in [6.45, 7) is 2.79. The van der Waals surface area contributed by atoms with Gasteiger partial charge in [-0.15, -0.1) is 10.2 Å². The van der Waals surface area contributed by atoms with E-state index in [4.69, 9.17) is 0 Å². The fraction of sp³-hybridized carbons (Fsp3) is 0.526. The quantitative estimate of drug-likeness (QED) is 0.935. The third-order valence-corrected chi connectivity index (χ3v) is 5.91. The van der Waals surface area contributed by atoms with E-state index in [1.165, 1.54) is 24.8 Å². The number of hydrogen-bond acceptors (Lipinski definition) is 3. The molecule has 3 unspecified atom stereocenters. The van der Waals surface area contributed by atoms with E-state index in [9.17, 15) is 4.79 Å². The topological polar surface area (TPSA) is 63.1 Å². The van der Waals surface area contributed by atoms with E-state index >= 15 is 0 Å². The number of rotatable bonds is 3. The Morgan fingerprint density at radius 1 is 1.32 bits per heavy atom. The van der Waals surface area contributed by atoms with Gasteiger partial charge in [0.15, 0.2) is 5.82 Å². The highest BCUT2D eigenvalue weighted by atomic mass is 16.2.